The number of piperazine rings is 1. The Balaban J connectivity index is 1.39. The second kappa shape index (κ2) is 12.3. The van der Waals surface area contributed by atoms with E-state index in [1.54, 1.807) is 18.5 Å². The van der Waals surface area contributed by atoms with E-state index in [1.165, 1.54) is 0 Å². The molecule has 0 bridgehead atoms. The predicted octanol–water partition coefficient (Wildman–Crippen LogP) is 3.63. The molecule has 0 spiro atoms. The second-order valence-corrected chi connectivity index (χ2v) is 10.0. The average molecular weight is 545 g/mol. The number of ether oxygens (including phenoxy) is 2. The number of aliphatic hydroxyl groups excluding tert-OH is 1. The van der Waals surface area contributed by atoms with Gasteiger partial charge in [-0.2, -0.15) is 0 Å². The van der Waals surface area contributed by atoms with Gasteiger partial charge in [-0.3, -0.25) is 4.90 Å². The fourth-order valence-corrected chi connectivity index (χ4v) is 5.02. The van der Waals surface area contributed by atoms with Crippen LogP contribution in [0.25, 0.3) is 11.3 Å². The third kappa shape index (κ3) is 7.07. The molecule has 1 atom stereocenters. The van der Waals surface area contributed by atoms with Gasteiger partial charge in [0.2, 0.25) is 11.8 Å². The highest BCUT2D eigenvalue weighted by Gasteiger charge is 2.18. The maximum Gasteiger partial charge on any atom is 0.225 e. The van der Waals surface area contributed by atoms with Crippen molar-refractivity contribution in [2.24, 2.45) is 0 Å². The van der Waals surface area contributed by atoms with Gasteiger partial charge in [0.1, 0.15) is 0 Å². The molecule has 0 unspecified atom stereocenters. The molecular formula is C26H30Cl2N6O3. The van der Waals surface area contributed by atoms with E-state index in [-0.39, 0.29) is 12.7 Å². The fourth-order valence-electron chi connectivity index (χ4n) is 4.49. The van der Waals surface area contributed by atoms with Crippen molar-refractivity contribution in [3.8, 4) is 22.9 Å². The van der Waals surface area contributed by atoms with Crippen LogP contribution in [0.3, 0.4) is 0 Å². The normalized spacial score (nSPS) is 19.0. The first-order valence-corrected chi connectivity index (χ1v) is 13.2. The number of aliphatic hydroxyl groups is 1. The summed E-state index contributed by atoms with van der Waals surface area (Å²) in [4.78, 5) is 18.2. The Hall–Kier alpha value is -2.53. The van der Waals surface area contributed by atoms with Crippen molar-refractivity contribution in [1.82, 2.24) is 25.2 Å². The van der Waals surface area contributed by atoms with E-state index in [4.69, 9.17) is 37.7 Å². The summed E-state index contributed by atoms with van der Waals surface area (Å²) in [6.45, 7) is 6.46. The summed E-state index contributed by atoms with van der Waals surface area (Å²) in [5.41, 5.74) is 2.53. The van der Waals surface area contributed by atoms with E-state index in [0.29, 0.717) is 46.5 Å². The molecule has 5 rings (SSSR count). The summed E-state index contributed by atoms with van der Waals surface area (Å²) in [6.07, 6.45) is 4.01. The van der Waals surface area contributed by atoms with Gasteiger partial charge in [-0.1, -0.05) is 23.2 Å². The average Bonchev–Trinajstić information content (AvgIpc) is 3.14. The first-order chi connectivity index (χ1) is 18.1. The van der Waals surface area contributed by atoms with E-state index < -0.39 is 0 Å². The van der Waals surface area contributed by atoms with Crippen molar-refractivity contribution in [3.63, 3.8) is 0 Å². The van der Waals surface area contributed by atoms with Crippen LogP contribution < -0.4 is 15.0 Å². The molecule has 2 N–H and O–H groups in total. The Morgan fingerprint density at radius 2 is 1.76 bits per heavy atom. The zero-order valence-corrected chi connectivity index (χ0v) is 22.0. The third-order valence-corrected chi connectivity index (χ3v) is 6.83. The van der Waals surface area contributed by atoms with Crippen LogP contribution in [0.15, 0.2) is 42.7 Å². The lowest BCUT2D eigenvalue weighted by Crippen LogP contribution is -2.44. The molecule has 11 heteroatoms. The number of hydrogen-bond donors (Lipinski definition) is 2. The molecule has 0 saturated carbocycles. The van der Waals surface area contributed by atoms with Crippen molar-refractivity contribution in [1.29, 1.82) is 0 Å². The topological polar surface area (TPSA) is 95.9 Å². The SMILES string of the molecule is OC[C@@H]1CCN(Cc2cc(Oc3cnc(N4CCNCC4)nc3)nc(-c3cc(Cl)cc(Cl)c3)c2)CCO1. The monoisotopic (exact) mass is 544 g/mol. The zero-order chi connectivity index (χ0) is 25.6. The summed E-state index contributed by atoms with van der Waals surface area (Å²) >= 11 is 12.6. The van der Waals surface area contributed by atoms with Crippen molar-refractivity contribution in [2.75, 3.05) is 57.4 Å². The molecule has 3 aromatic rings. The van der Waals surface area contributed by atoms with Gasteiger partial charge in [0, 0.05) is 67.5 Å². The number of halogens is 2. The van der Waals surface area contributed by atoms with Crippen molar-refractivity contribution >= 4 is 29.2 Å². The molecule has 2 aliphatic heterocycles. The molecule has 0 radical (unpaired) electrons. The summed E-state index contributed by atoms with van der Waals surface area (Å²) < 4.78 is 11.8. The Morgan fingerprint density at radius 1 is 1.00 bits per heavy atom. The Bertz CT molecular complexity index is 1170. The molecule has 2 aromatic heterocycles. The molecule has 0 amide bonds. The largest absolute Gasteiger partial charge is 0.436 e. The lowest BCUT2D eigenvalue weighted by Gasteiger charge is -2.27. The van der Waals surface area contributed by atoms with Crippen molar-refractivity contribution in [2.45, 2.75) is 19.1 Å². The summed E-state index contributed by atoms with van der Waals surface area (Å²) in [5, 5.41) is 13.9. The van der Waals surface area contributed by atoms with Gasteiger partial charge < -0.3 is 24.8 Å². The maximum absolute atomic E-state index is 9.46. The number of anilines is 1. The van der Waals surface area contributed by atoms with E-state index in [1.807, 2.05) is 24.3 Å². The first-order valence-electron chi connectivity index (χ1n) is 12.4. The second-order valence-electron chi connectivity index (χ2n) is 9.16. The lowest BCUT2D eigenvalue weighted by atomic mass is 10.1. The summed E-state index contributed by atoms with van der Waals surface area (Å²) in [7, 11) is 0. The van der Waals surface area contributed by atoms with Crippen LogP contribution in [0, 0.1) is 0 Å². The van der Waals surface area contributed by atoms with E-state index in [9.17, 15) is 5.11 Å². The van der Waals surface area contributed by atoms with Gasteiger partial charge in [-0.25, -0.2) is 15.0 Å². The number of rotatable bonds is 7. The van der Waals surface area contributed by atoms with Crippen LogP contribution in [0.1, 0.15) is 12.0 Å². The number of pyridine rings is 1. The van der Waals surface area contributed by atoms with Crippen LogP contribution >= 0.6 is 23.2 Å². The minimum absolute atomic E-state index is 0.0380. The van der Waals surface area contributed by atoms with Crippen molar-refractivity contribution < 1.29 is 14.6 Å². The highest BCUT2D eigenvalue weighted by molar-refractivity contribution is 6.35. The smallest absolute Gasteiger partial charge is 0.225 e. The van der Waals surface area contributed by atoms with Gasteiger partial charge in [0.15, 0.2) is 5.75 Å². The summed E-state index contributed by atoms with van der Waals surface area (Å²) in [5.74, 6) is 1.63. The van der Waals surface area contributed by atoms with E-state index in [2.05, 4.69) is 25.1 Å². The van der Waals surface area contributed by atoms with Gasteiger partial charge >= 0.3 is 0 Å². The maximum atomic E-state index is 9.46. The number of hydrogen-bond acceptors (Lipinski definition) is 9. The quantitative estimate of drug-likeness (QED) is 0.462. The number of nitrogens with zero attached hydrogens (tertiary/aromatic N) is 5. The molecule has 2 fully saturated rings. The molecule has 1 aromatic carbocycles. The predicted molar refractivity (Wildman–Crippen MR) is 144 cm³/mol. The summed E-state index contributed by atoms with van der Waals surface area (Å²) in [6, 6.07) is 9.31. The van der Waals surface area contributed by atoms with Crippen LogP contribution in [-0.4, -0.2) is 83.5 Å². The Morgan fingerprint density at radius 3 is 2.49 bits per heavy atom. The zero-order valence-electron chi connectivity index (χ0n) is 20.4. The Labute approximate surface area is 226 Å². The molecule has 9 nitrogen and oxygen atoms in total. The van der Waals surface area contributed by atoms with Crippen LogP contribution in [0.2, 0.25) is 10.0 Å². The fraction of sp³-hybridized carbons (Fsp3) is 0.423. The minimum atomic E-state index is -0.116. The molecule has 2 aliphatic rings. The van der Waals surface area contributed by atoms with Crippen LogP contribution in [0.5, 0.6) is 11.6 Å². The van der Waals surface area contributed by atoms with Crippen LogP contribution in [0.4, 0.5) is 5.95 Å². The van der Waals surface area contributed by atoms with Crippen molar-refractivity contribution in [3.05, 3.63) is 58.3 Å². The molecular weight excluding hydrogens is 515 g/mol. The van der Waals surface area contributed by atoms with Gasteiger partial charge in [0.05, 0.1) is 37.4 Å². The molecule has 0 aliphatic carbocycles. The lowest BCUT2D eigenvalue weighted by molar-refractivity contribution is 0.0209. The number of aromatic nitrogens is 3. The van der Waals surface area contributed by atoms with Gasteiger partial charge in [0.25, 0.3) is 0 Å². The minimum Gasteiger partial charge on any atom is -0.436 e. The van der Waals surface area contributed by atoms with Crippen LogP contribution in [-0.2, 0) is 11.3 Å². The van der Waals surface area contributed by atoms with Gasteiger partial charge in [-0.15, -0.1) is 0 Å². The molecule has 4 heterocycles. The van der Waals surface area contributed by atoms with Gasteiger partial charge in [-0.05, 0) is 36.2 Å². The first kappa shape index (κ1) is 26.1. The molecule has 196 valence electrons. The standard InChI is InChI=1S/C26H30Cl2N6O3/c27-20-11-19(12-21(28)13-20)24-9-18(16-33-4-1-22(17-35)36-8-7-33)10-25(32-24)37-23-14-30-26(31-15-23)34-5-2-29-3-6-34/h9-15,22,29,35H,1-8,16-17H2/t22-/m0/s1. The number of benzene rings is 1. The Kier molecular flexibility index (Phi) is 8.70. The molecule has 37 heavy (non-hydrogen) atoms. The number of nitrogens with one attached hydrogen (secondary N) is 1. The molecule has 2 saturated heterocycles. The van der Waals surface area contributed by atoms with E-state index >= 15 is 0 Å². The highest BCUT2D eigenvalue weighted by Crippen LogP contribution is 2.30. The van der Waals surface area contributed by atoms with E-state index in [0.717, 1.165) is 56.8 Å². The highest BCUT2D eigenvalue weighted by atomic mass is 35.5. The third-order valence-electron chi connectivity index (χ3n) is 6.39.